The van der Waals surface area contributed by atoms with Gasteiger partial charge in [-0.15, -0.1) is 0 Å². The van der Waals surface area contributed by atoms with E-state index in [1.807, 2.05) is 0 Å². The average Bonchev–Trinajstić information content (AvgIpc) is 2.81. The molecule has 0 unspecified atom stereocenters. The molecule has 0 heterocycles. The van der Waals surface area contributed by atoms with Gasteiger partial charge in [-0.3, -0.25) is 14.5 Å². The molecule has 0 aromatic heterocycles. The summed E-state index contributed by atoms with van der Waals surface area (Å²) < 4.78 is 11.2. The molecule has 0 radical (unpaired) electrons. The van der Waals surface area contributed by atoms with Crippen molar-refractivity contribution in [2.45, 2.75) is 135 Å². The van der Waals surface area contributed by atoms with Gasteiger partial charge >= 0.3 is 11.9 Å². The molecule has 0 amide bonds. The van der Waals surface area contributed by atoms with Crippen LogP contribution in [0.3, 0.4) is 0 Å². The zero-order chi connectivity index (χ0) is 25.6. The lowest BCUT2D eigenvalue weighted by Crippen LogP contribution is -2.42. The first-order valence-electron chi connectivity index (χ1n) is 14.8. The van der Waals surface area contributed by atoms with Crippen molar-refractivity contribution in [3.05, 3.63) is 0 Å². The maximum absolute atomic E-state index is 12.2. The first kappa shape index (κ1) is 31.9. The standard InChI is InChI=1S/C29H55NO5/c1-3-5-7-9-11-19-28(32)34-24-26(25-35-29(33)20-12-10-8-6-4-2)16-13-14-21-30(22-23-31)27-17-15-18-27/h26-27,31H,3-25H2,1-2H3. The first-order chi connectivity index (χ1) is 17.1. The molecule has 0 spiro atoms. The summed E-state index contributed by atoms with van der Waals surface area (Å²) in [5.74, 6) is -0.209. The topological polar surface area (TPSA) is 76.1 Å². The number of hydrogen-bond donors (Lipinski definition) is 1. The van der Waals surface area contributed by atoms with Crippen LogP contribution in [0.25, 0.3) is 0 Å². The summed E-state index contributed by atoms with van der Waals surface area (Å²) in [6.45, 7) is 6.99. The lowest BCUT2D eigenvalue weighted by atomic mass is 9.91. The Hall–Kier alpha value is -1.14. The van der Waals surface area contributed by atoms with Crippen LogP contribution in [0.4, 0.5) is 0 Å². The highest BCUT2D eigenvalue weighted by molar-refractivity contribution is 5.69. The maximum Gasteiger partial charge on any atom is 0.305 e. The fourth-order valence-electron chi connectivity index (χ4n) is 4.63. The Morgan fingerprint density at radius 3 is 1.77 bits per heavy atom. The van der Waals surface area contributed by atoms with Gasteiger partial charge in [0.15, 0.2) is 0 Å². The molecule has 1 fully saturated rings. The van der Waals surface area contributed by atoms with Crippen LogP contribution in [0.15, 0.2) is 0 Å². The minimum Gasteiger partial charge on any atom is -0.465 e. The average molecular weight is 498 g/mol. The molecule has 0 aromatic rings. The van der Waals surface area contributed by atoms with Crippen LogP contribution in [0, 0.1) is 5.92 Å². The third-order valence-electron chi connectivity index (χ3n) is 7.21. The van der Waals surface area contributed by atoms with E-state index in [1.165, 1.54) is 57.8 Å². The molecular weight excluding hydrogens is 442 g/mol. The molecule has 0 atom stereocenters. The second kappa shape index (κ2) is 22.1. The molecule has 206 valence electrons. The number of ether oxygens (including phenoxy) is 2. The van der Waals surface area contributed by atoms with Crippen LogP contribution in [0.2, 0.25) is 0 Å². The Labute approximate surface area is 215 Å². The predicted molar refractivity (Wildman–Crippen MR) is 142 cm³/mol. The number of rotatable bonds is 24. The molecule has 0 saturated heterocycles. The van der Waals surface area contributed by atoms with Crippen molar-refractivity contribution < 1.29 is 24.2 Å². The quantitative estimate of drug-likeness (QED) is 0.122. The smallest absolute Gasteiger partial charge is 0.305 e. The van der Waals surface area contributed by atoms with Crippen LogP contribution < -0.4 is 0 Å². The third kappa shape index (κ3) is 17.0. The van der Waals surface area contributed by atoms with Crippen molar-refractivity contribution >= 4 is 11.9 Å². The summed E-state index contributed by atoms with van der Waals surface area (Å²) >= 11 is 0. The molecule has 35 heavy (non-hydrogen) atoms. The van der Waals surface area contributed by atoms with E-state index < -0.39 is 0 Å². The van der Waals surface area contributed by atoms with Crippen LogP contribution in [0.5, 0.6) is 0 Å². The highest BCUT2D eigenvalue weighted by atomic mass is 16.5. The molecule has 1 aliphatic carbocycles. The Balaban J connectivity index is 2.36. The van der Waals surface area contributed by atoms with Gasteiger partial charge in [0.2, 0.25) is 0 Å². The van der Waals surface area contributed by atoms with E-state index in [1.54, 1.807) is 0 Å². The Morgan fingerprint density at radius 2 is 1.31 bits per heavy atom. The van der Waals surface area contributed by atoms with Crippen molar-refractivity contribution in [1.29, 1.82) is 0 Å². The molecule has 6 nitrogen and oxygen atoms in total. The molecule has 0 aromatic carbocycles. The second-order valence-electron chi connectivity index (χ2n) is 10.4. The zero-order valence-corrected chi connectivity index (χ0v) is 22.9. The molecule has 0 aliphatic heterocycles. The summed E-state index contributed by atoms with van der Waals surface area (Å²) in [7, 11) is 0. The first-order valence-corrected chi connectivity index (χ1v) is 14.8. The van der Waals surface area contributed by atoms with E-state index in [-0.39, 0.29) is 24.5 Å². The Bertz CT molecular complexity index is 493. The number of unbranched alkanes of at least 4 members (excludes halogenated alkanes) is 9. The Morgan fingerprint density at radius 1 is 0.771 bits per heavy atom. The summed E-state index contributed by atoms with van der Waals surface area (Å²) in [5.41, 5.74) is 0. The van der Waals surface area contributed by atoms with E-state index in [0.29, 0.717) is 32.1 Å². The SMILES string of the molecule is CCCCCCCC(=O)OCC(CCCCN(CCO)C1CCC1)COC(=O)CCCCCCC. The van der Waals surface area contributed by atoms with Crippen LogP contribution in [0.1, 0.15) is 129 Å². The van der Waals surface area contributed by atoms with Crippen LogP contribution in [-0.4, -0.2) is 60.9 Å². The van der Waals surface area contributed by atoms with E-state index in [0.717, 1.165) is 58.0 Å². The predicted octanol–water partition coefficient (Wildman–Crippen LogP) is 6.43. The van der Waals surface area contributed by atoms with E-state index in [9.17, 15) is 14.7 Å². The number of hydrogen-bond acceptors (Lipinski definition) is 6. The van der Waals surface area contributed by atoms with Crippen LogP contribution >= 0.6 is 0 Å². The molecular formula is C29H55NO5. The van der Waals surface area contributed by atoms with E-state index in [4.69, 9.17) is 9.47 Å². The summed E-state index contributed by atoms with van der Waals surface area (Å²) in [4.78, 5) is 26.8. The molecule has 1 saturated carbocycles. The van der Waals surface area contributed by atoms with Crippen LogP contribution in [-0.2, 0) is 19.1 Å². The van der Waals surface area contributed by atoms with Gasteiger partial charge in [0.1, 0.15) is 0 Å². The van der Waals surface area contributed by atoms with Gasteiger partial charge in [0, 0.05) is 31.3 Å². The summed E-state index contributed by atoms with van der Waals surface area (Å²) in [5, 5.41) is 9.36. The number of aliphatic hydroxyl groups is 1. The van der Waals surface area contributed by atoms with Crippen molar-refractivity contribution in [1.82, 2.24) is 4.90 Å². The monoisotopic (exact) mass is 497 g/mol. The molecule has 1 N–H and O–H groups in total. The van der Waals surface area contributed by atoms with Gasteiger partial charge in [0.05, 0.1) is 19.8 Å². The van der Waals surface area contributed by atoms with Crippen molar-refractivity contribution in [3.63, 3.8) is 0 Å². The van der Waals surface area contributed by atoms with Gasteiger partial charge in [-0.1, -0.05) is 78.1 Å². The molecule has 1 aliphatic rings. The summed E-state index contributed by atoms with van der Waals surface area (Å²) in [6, 6.07) is 0.634. The highest BCUT2D eigenvalue weighted by Gasteiger charge is 2.24. The van der Waals surface area contributed by atoms with Crippen molar-refractivity contribution in [3.8, 4) is 0 Å². The fraction of sp³-hybridized carbons (Fsp3) is 0.931. The summed E-state index contributed by atoms with van der Waals surface area (Å²) in [6.07, 6.45) is 18.8. The molecule has 1 rings (SSSR count). The van der Waals surface area contributed by atoms with Gasteiger partial charge in [-0.05, 0) is 45.1 Å². The van der Waals surface area contributed by atoms with E-state index >= 15 is 0 Å². The number of carbonyl (C=O) groups is 2. The highest BCUT2D eigenvalue weighted by Crippen LogP contribution is 2.25. The largest absolute Gasteiger partial charge is 0.465 e. The molecule has 6 heteroatoms. The van der Waals surface area contributed by atoms with E-state index in [2.05, 4.69) is 18.7 Å². The third-order valence-corrected chi connectivity index (χ3v) is 7.21. The number of esters is 2. The number of nitrogens with zero attached hydrogens (tertiary/aromatic N) is 1. The zero-order valence-electron chi connectivity index (χ0n) is 22.9. The minimum atomic E-state index is -0.132. The van der Waals surface area contributed by atoms with Gasteiger partial charge in [0.25, 0.3) is 0 Å². The normalized spacial score (nSPS) is 13.9. The second-order valence-corrected chi connectivity index (χ2v) is 10.4. The van der Waals surface area contributed by atoms with Gasteiger partial charge in [-0.2, -0.15) is 0 Å². The maximum atomic E-state index is 12.2. The Kier molecular flexibility index (Phi) is 20.1. The lowest BCUT2D eigenvalue weighted by Gasteiger charge is -2.37. The van der Waals surface area contributed by atoms with Crippen molar-refractivity contribution in [2.75, 3.05) is 32.9 Å². The molecule has 0 bridgehead atoms. The lowest BCUT2D eigenvalue weighted by molar-refractivity contribution is -0.149. The minimum absolute atomic E-state index is 0.0538. The number of aliphatic hydroxyl groups excluding tert-OH is 1. The number of carbonyl (C=O) groups excluding carboxylic acids is 2. The van der Waals surface area contributed by atoms with Crippen molar-refractivity contribution in [2.24, 2.45) is 5.92 Å². The van der Waals surface area contributed by atoms with Gasteiger partial charge < -0.3 is 14.6 Å². The fourth-order valence-corrected chi connectivity index (χ4v) is 4.63. The van der Waals surface area contributed by atoms with Gasteiger partial charge in [-0.25, -0.2) is 0 Å².